The van der Waals surface area contributed by atoms with Gasteiger partial charge in [-0.05, 0) is 77.9 Å². The summed E-state index contributed by atoms with van der Waals surface area (Å²) in [6.07, 6.45) is -9.45. The minimum Gasteiger partial charge on any atom is -0.308 e. The minimum absolute atomic E-state index is 0.171. The highest BCUT2D eigenvalue weighted by molar-refractivity contribution is 6.12. The zero-order valence-electron chi connectivity index (χ0n) is 39.4. The molecule has 12 aromatic rings. The van der Waals surface area contributed by atoms with Crippen LogP contribution < -0.4 is 0 Å². The van der Waals surface area contributed by atoms with Gasteiger partial charge >= 0.3 is 12.4 Å². The van der Waals surface area contributed by atoms with Gasteiger partial charge in [-0.25, -0.2) is 24.9 Å². The van der Waals surface area contributed by atoms with Crippen LogP contribution in [0.15, 0.2) is 231 Å². The van der Waals surface area contributed by atoms with Crippen molar-refractivity contribution in [2.45, 2.75) is 12.4 Å². The smallest absolute Gasteiger partial charge is 0.308 e. The molecule has 3 aromatic heterocycles. The molecule has 0 saturated heterocycles. The molecule has 75 heavy (non-hydrogen) atoms. The van der Waals surface area contributed by atoms with E-state index >= 15 is 0 Å². The zero-order chi connectivity index (χ0) is 51.3. The Balaban J connectivity index is 1.17. The average Bonchev–Trinajstić information content (AvgIpc) is 3.80. The first-order chi connectivity index (χ1) is 36.4. The summed E-state index contributed by atoms with van der Waals surface area (Å²) in [6.45, 7) is 0. The molecule has 0 aliphatic heterocycles. The largest absolute Gasteiger partial charge is 0.416 e. The maximum Gasteiger partial charge on any atom is 0.416 e. The van der Waals surface area contributed by atoms with Crippen LogP contribution in [0, 0.1) is 0 Å². The summed E-state index contributed by atoms with van der Waals surface area (Å²) in [5, 5.41) is 1.50. The number of nitrogens with zero attached hydrogens (tertiary/aromatic N) is 6. The third-order valence-electron chi connectivity index (χ3n) is 13.1. The lowest BCUT2D eigenvalue weighted by atomic mass is 9.90. The van der Waals surface area contributed by atoms with E-state index in [1.165, 1.54) is 12.1 Å². The van der Waals surface area contributed by atoms with Crippen LogP contribution in [0.5, 0.6) is 0 Å². The van der Waals surface area contributed by atoms with E-state index in [1.807, 2.05) is 168 Å². The number of fused-ring (bicyclic) bond motifs is 3. The molecular weight excluding hydrogens is 955 g/mol. The van der Waals surface area contributed by atoms with Gasteiger partial charge in [0.15, 0.2) is 23.3 Å². The topological polar surface area (TPSA) is 69.4 Å². The van der Waals surface area contributed by atoms with Crippen molar-refractivity contribution in [3.05, 3.63) is 242 Å². The maximum absolute atomic E-state index is 14.8. The van der Waals surface area contributed by atoms with Gasteiger partial charge in [-0.15, -0.1) is 0 Å². The van der Waals surface area contributed by atoms with E-state index in [-0.39, 0.29) is 11.1 Å². The van der Waals surface area contributed by atoms with Gasteiger partial charge in [0.2, 0.25) is 0 Å². The van der Waals surface area contributed by atoms with Gasteiger partial charge in [-0.3, -0.25) is 0 Å². The van der Waals surface area contributed by atoms with E-state index in [2.05, 4.69) is 0 Å². The van der Waals surface area contributed by atoms with Gasteiger partial charge in [-0.2, -0.15) is 26.3 Å². The normalized spacial score (nSPS) is 11.9. The Hall–Kier alpha value is -9.55. The maximum atomic E-state index is 14.8. The van der Waals surface area contributed by atoms with Gasteiger partial charge in [-0.1, -0.05) is 164 Å². The molecule has 6 nitrogen and oxygen atoms in total. The van der Waals surface area contributed by atoms with Crippen LogP contribution in [0.2, 0.25) is 0 Å². The molecule has 362 valence electrons. The minimum atomic E-state index is -4.72. The summed E-state index contributed by atoms with van der Waals surface area (Å²) in [6, 6.07) is 66.6. The highest BCUT2D eigenvalue weighted by atomic mass is 19.4. The van der Waals surface area contributed by atoms with Crippen LogP contribution in [-0.2, 0) is 12.4 Å². The summed E-state index contributed by atoms with van der Waals surface area (Å²) in [4.78, 5) is 24.9. The standard InChI is InChI=1S/C63H38F6N6/c64-62(65,66)47-27-15-25-43(33-47)50-36-46(54-38-53(39-17-5-1-6-18-39)70-58(71-54)40-19-7-2-8-20-40)37-51(44-26-16-28-48(34-44)63(67,68)69)57(50)75-55-30-14-13-29-49(55)52-35-45(31-32-56(52)75)61-73-59(41-21-9-3-10-22-41)72-60(74-61)42-23-11-4-12-24-42/h1-38H. The molecule has 0 aliphatic rings. The Kier molecular flexibility index (Phi) is 11.7. The molecule has 0 aliphatic carbocycles. The highest BCUT2D eigenvalue weighted by Crippen LogP contribution is 2.46. The summed E-state index contributed by atoms with van der Waals surface area (Å²) in [5.41, 5.74) is 5.86. The van der Waals surface area contributed by atoms with Crippen molar-refractivity contribution < 1.29 is 26.3 Å². The van der Waals surface area contributed by atoms with Crippen molar-refractivity contribution in [2.24, 2.45) is 0 Å². The van der Waals surface area contributed by atoms with E-state index in [4.69, 9.17) is 24.9 Å². The second-order valence-corrected chi connectivity index (χ2v) is 17.9. The average molecular weight is 993 g/mol. The van der Waals surface area contributed by atoms with Gasteiger partial charge in [0.1, 0.15) is 0 Å². The van der Waals surface area contributed by atoms with E-state index < -0.39 is 23.5 Å². The Labute approximate surface area is 426 Å². The number of halogens is 6. The quantitative estimate of drug-likeness (QED) is 0.135. The van der Waals surface area contributed by atoms with Crippen LogP contribution in [0.4, 0.5) is 26.3 Å². The Morgan fingerprint density at radius 1 is 0.280 bits per heavy atom. The Morgan fingerprint density at radius 3 is 1.17 bits per heavy atom. The number of hydrogen-bond acceptors (Lipinski definition) is 5. The third kappa shape index (κ3) is 9.07. The number of rotatable bonds is 9. The van der Waals surface area contributed by atoms with Crippen molar-refractivity contribution in [3.8, 4) is 96.0 Å². The number of alkyl halides is 6. The first-order valence-corrected chi connectivity index (χ1v) is 23.9. The summed E-state index contributed by atoms with van der Waals surface area (Å²) in [5.74, 6) is 1.71. The molecule has 12 heteroatoms. The first kappa shape index (κ1) is 46.5. The molecule has 0 amide bonds. The first-order valence-electron chi connectivity index (χ1n) is 23.9. The van der Waals surface area contributed by atoms with Crippen molar-refractivity contribution in [3.63, 3.8) is 0 Å². The zero-order valence-corrected chi connectivity index (χ0v) is 39.4. The number of para-hydroxylation sites is 1. The molecule has 3 heterocycles. The van der Waals surface area contributed by atoms with Gasteiger partial charge in [0.05, 0.1) is 39.2 Å². The molecule has 0 radical (unpaired) electrons. The van der Waals surface area contributed by atoms with E-state index in [0.717, 1.165) is 51.7 Å². The monoisotopic (exact) mass is 992 g/mol. The SMILES string of the molecule is FC(F)(F)c1cccc(-c2cc(-c3cc(-c4ccccc4)nc(-c4ccccc4)n3)cc(-c3cccc(C(F)(F)F)c3)c2-n2c3ccccc3c3cc(-c4nc(-c5ccccc5)nc(-c5ccccc5)n4)ccc32)c1. The predicted molar refractivity (Wildman–Crippen MR) is 283 cm³/mol. The van der Waals surface area contributed by atoms with Crippen LogP contribution in [0.25, 0.3) is 118 Å². The Bertz CT molecular complexity index is 3890. The fraction of sp³-hybridized carbons (Fsp3) is 0.0317. The number of aromatic nitrogens is 6. The lowest BCUT2D eigenvalue weighted by Gasteiger charge is -2.22. The van der Waals surface area contributed by atoms with Gasteiger partial charge in [0, 0.05) is 55.3 Å². The van der Waals surface area contributed by atoms with Gasteiger partial charge < -0.3 is 4.57 Å². The lowest BCUT2D eigenvalue weighted by Crippen LogP contribution is -2.07. The molecule has 0 saturated carbocycles. The van der Waals surface area contributed by atoms with Crippen LogP contribution in [0.1, 0.15) is 11.1 Å². The summed E-state index contributed by atoms with van der Waals surface area (Å²) < 4.78 is 90.8. The summed E-state index contributed by atoms with van der Waals surface area (Å²) in [7, 11) is 0. The van der Waals surface area contributed by atoms with Gasteiger partial charge in [0.25, 0.3) is 0 Å². The molecule has 0 fully saturated rings. The predicted octanol–water partition coefficient (Wildman–Crippen LogP) is 17.1. The second-order valence-electron chi connectivity index (χ2n) is 17.9. The van der Waals surface area contributed by atoms with Crippen LogP contribution >= 0.6 is 0 Å². The van der Waals surface area contributed by atoms with Crippen molar-refractivity contribution in [2.75, 3.05) is 0 Å². The lowest BCUT2D eigenvalue weighted by molar-refractivity contribution is -0.138. The van der Waals surface area contributed by atoms with Crippen molar-refractivity contribution >= 4 is 21.8 Å². The number of hydrogen-bond donors (Lipinski definition) is 0. The molecular formula is C63H38F6N6. The van der Waals surface area contributed by atoms with Crippen LogP contribution in [-0.4, -0.2) is 29.5 Å². The molecule has 9 aromatic carbocycles. The molecule has 12 rings (SSSR count). The number of benzene rings is 9. The van der Waals surface area contributed by atoms with Crippen LogP contribution in [0.3, 0.4) is 0 Å². The molecule has 0 bridgehead atoms. The molecule has 0 N–H and O–H groups in total. The van der Waals surface area contributed by atoms with Crippen molar-refractivity contribution in [1.29, 1.82) is 0 Å². The fourth-order valence-corrected chi connectivity index (χ4v) is 9.55. The molecule has 0 atom stereocenters. The van der Waals surface area contributed by atoms with E-state index in [1.54, 1.807) is 30.3 Å². The Morgan fingerprint density at radius 2 is 0.680 bits per heavy atom. The second kappa shape index (κ2) is 18.8. The molecule has 0 unspecified atom stereocenters. The molecule has 0 spiro atoms. The van der Waals surface area contributed by atoms with Crippen molar-refractivity contribution in [1.82, 2.24) is 29.5 Å². The van der Waals surface area contributed by atoms with E-state index in [0.29, 0.717) is 79.2 Å². The summed E-state index contributed by atoms with van der Waals surface area (Å²) >= 11 is 0. The fourth-order valence-electron chi connectivity index (χ4n) is 9.55. The van der Waals surface area contributed by atoms with E-state index in [9.17, 15) is 26.3 Å². The third-order valence-corrected chi connectivity index (χ3v) is 13.1. The highest BCUT2D eigenvalue weighted by Gasteiger charge is 2.33.